The van der Waals surface area contributed by atoms with Crippen molar-refractivity contribution in [2.45, 2.75) is 58.7 Å². The highest BCUT2D eigenvalue weighted by Gasteiger charge is 2.51. The molecule has 0 saturated carbocycles. The molecule has 0 unspecified atom stereocenters. The van der Waals surface area contributed by atoms with Crippen molar-refractivity contribution in [1.82, 2.24) is 15.1 Å². The molecule has 0 aromatic heterocycles. The molecule has 1 aromatic rings. The van der Waals surface area contributed by atoms with Crippen molar-refractivity contribution in [3.63, 3.8) is 0 Å². The van der Waals surface area contributed by atoms with Crippen LogP contribution in [-0.2, 0) is 4.79 Å². The molecule has 1 atom stereocenters. The number of carbonyl (C=O) groups is 2. The fraction of sp³-hybridized carbons (Fsp3) is 0.636. The maximum atomic E-state index is 13.1. The lowest BCUT2D eigenvalue weighted by atomic mass is 9.94. The quantitative estimate of drug-likeness (QED) is 0.841. The normalized spacial score (nSPS) is 22.0. The van der Waals surface area contributed by atoms with Crippen LogP contribution in [-0.4, -0.2) is 53.0 Å². The van der Waals surface area contributed by atoms with E-state index in [2.05, 4.69) is 33.0 Å². The number of amides is 2. The van der Waals surface area contributed by atoms with Gasteiger partial charge in [0.1, 0.15) is 5.82 Å². The molecule has 2 heterocycles. The number of halogens is 1. The summed E-state index contributed by atoms with van der Waals surface area (Å²) >= 11 is 0. The Bertz CT molecular complexity index is 709. The highest BCUT2D eigenvalue weighted by molar-refractivity contribution is 5.94. The molecule has 5 nitrogen and oxygen atoms in total. The van der Waals surface area contributed by atoms with Crippen LogP contribution in [0.25, 0.3) is 0 Å². The molecule has 0 bridgehead atoms. The molecule has 1 aromatic carbocycles. The number of likely N-dealkylation sites (tertiary alicyclic amines) is 1. The molecule has 0 radical (unpaired) electrons. The van der Waals surface area contributed by atoms with Crippen LogP contribution in [0, 0.1) is 17.7 Å². The van der Waals surface area contributed by atoms with Crippen LogP contribution in [0.15, 0.2) is 24.3 Å². The molecule has 1 N–H and O–H groups in total. The van der Waals surface area contributed by atoms with E-state index in [-0.39, 0.29) is 29.3 Å². The summed E-state index contributed by atoms with van der Waals surface area (Å²) in [5.74, 6) is 0.606. The first-order valence-electron chi connectivity index (χ1n) is 10.4. The van der Waals surface area contributed by atoms with Crippen molar-refractivity contribution in [2.75, 3.05) is 19.6 Å². The minimum Gasteiger partial charge on any atom is -0.338 e. The molecule has 1 spiro atoms. The highest BCUT2D eigenvalue weighted by Crippen LogP contribution is 2.35. The first-order chi connectivity index (χ1) is 13.2. The van der Waals surface area contributed by atoms with Crippen LogP contribution in [0.5, 0.6) is 0 Å². The molecule has 6 heteroatoms. The van der Waals surface area contributed by atoms with Crippen LogP contribution in [0.3, 0.4) is 0 Å². The molecular formula is C22H32FN3O2. The molecule has 2 saturated heterocycles. The number of nitrogens with zero attached hydrogens (tertiary/aromatic N) is 2. The molecular weight excluding hydrogens is 357 g/mol. The van der Waals surface area contributed by atoms with E-state index < -0.39 is 0 Å². The van der Waals surface area contributed by atoms with Crippen molar-refractivity contribution >= 4 is 11.8 Å². The SMILES string of the molecule is CC(C)C[C@H]1NC2(CCN(C(=O)c3ccc(F)cc3)CC2)N(CC(C)C)C1=O. The zero-order valence-corrected chi connectivity index (χ0v) is 17.4. The summed E-state index contributed by atoms with van der Waals surface area (Å²) in [6.45, 7) is 10.4. The monoisotopic (exact) mass is 389 g/mol. The number of hydrogen-bond donors (Lipinski definition) is 1. The lowest BCUT2D eigenvalue weighted by molar-refractivity contribution is -0.134. The summed E-state index contributed by atoms with van der Waals surface area (Å²) in [7, 11) is 0. The number of hydrogen-bond acceptors (Lipinski definition) is 3. The van der Waals surface area contributed by atoms with Gasteiger partial charge in [0.05, 0.1) is 11.7 Å². The van der Waals surface area contributed by atoms with Gasteiger partial charge in [0.25, 0.3) is 5.91 Å². The van der Waals surface area contributed by atoms with Crippen LogP contribution in [0.4, 0.5) is 4.39 Å². The van der Waals surface area contributed by atoms with E-state index in [1.165, 1.54) is 24.3 Å². The fourth-order valence-corrected chi connectivity index (χ4v) is 4.39. The number of nitrogens with one attached hydrogen (secondary N) is 1. The van der Waals surface area contributed by atoms with Gasteiger partial charge in [0, 0.05) is 38.0 Å². The number of rotatable bonds is 5. The van der Waals surface area contributed by atoms with Gasteiger partial charge in [0.2, 0.25) is 5.91 Å². The first kappa shape index (κ1) is 20.8. The Morgan fingerprint density at radius 1 is 1.14 bits per heavy atom. The van der Waals surface area contributed by atoms with Crippen LogP contribution < -0.4 is 5.32 Å². The van der Waals surface area contributed by atoms with Gasteiger partial charge in [-0.1, -0.05) is 27.7 Å². The van der Waals surface area contributed by atoms with Crippen molar-refractivity contribution in [1.29, 1.82) is 0 Å². The summed E-state index contributed by atoms with van der Waals surface area (Å²) < 4.78 is 13.1. The van der Waals surface area contributed by atoms with E-state index >= 15 is 0 Å². The summed E-state index contributed by atoms with van der Waals surface area (Å²) in [6.07, 6.45) is 2.26. The van der Waals surface area contributed by atoms with Crippen LogP contribution in [0.1, 0.15) is 57.3 Å². The third-order valence-corrected chi connectivity index (χ3v) is 5.75. The molecule has 3 rings (SSSR count). The second kappa shape index (κ2) is 8.19. The van der Waals surface area contributed by atoms with Gasteiger partial charge in [-0.15, -0.1) is 0 Å². The van der Waals surface area contributed by atoms with Crippen molar-refractivity contribution in [3.8, 4) is 0 Å². The maximum absolute atomic E-state index is 13.1. The molecule has 2 amide bonds. The smallest absolute Gasteiger partial charge is 0.253 e. The molecule has 2 aliphatic heterocycles. The maximum Gasteiger partial charge on any atom is 0.253 e. The third kappa shape index (κ3) is 4.22. The topological polar surface area (TPSA) is 52.7 Å². The Hall–Kier alpha value is -1.95. The Balaban J connectivity index is 1.72. The van der Waals surface area contributed by atoms with E-state index in [9.17, 15) is 14.0 Å². The van der Waals surface area contributed by atoms with Gasteiger partial charge in [-0.2, -0.15) is 0 Å². The molecule has 28 heavy (non-hydrogen) atoms. The van der Waals surface area contributed by atoms with Crippen molar-refractivity contribution in [3.05, 3.63) is 35.6 Å². The van der Waals surface area contributed by atoms with Crippen molar-refractivity contribution in [2.24, 2.45) is 11.8 Å². The average Bonchev–Trinajstić information content (AvgIpc) is 2.87. The van der Waals surface area contributed by atoms with Gasteiger partial charge in [-0.05, 0) is 42.5 Å². The van der Waals surface area contributed by atoms with Gasteiger partial charge in [-0.25, -0.2) is 4.39 Å². The standard InChI is InChI=1S/C22H32FN3O2/c1-15(2)13-19-21(28)26(14-16(3)4)22(24-19)9-11-25(12-10-22)20(27)17-5-7-18(23)8-6-17/h5-8,15-16,19,24H,9-14H2,1-4H3/t19-/m1/s1. The number of benzene rings is 1. The molecule has 154 valence electrons. The minimum absolute atomic E-state index is 0.0756. The second-order valence-corrected chi connectivity index (χ2v) is 9.00. The molecule has 2 fully saturated rings. The fourth-order valence-electron chi connectivity index (χ4n) is 4.39. The van der Waals surface area contributed by atoms with E-state index in [4.69, 9.17) is 0 Å². The van der Waals surface area contributed by atoms with Crippen LogP contribution in [0.2, 0.25) is 0 Å². The Morgan fingerprint density at radius 2 is 1.75 bits per heavy atom. The summed E-state index contributed by atoms with van der Waals surface area (Å²) in [5.41, 5.74) is 0.144. The van der Waals surface area contributed by atoms with Gasteiger partial charge in [-0.3, -0.25) is 14.9 Å². The predicted octanol–water partition coefficient (Wildman–Crippen LogP) is 3.26. The minimum atomic E-state index is -0.361. The third-order valence-electron chi connectivity index (χ3n) is 5.75. The summed E-state index contributed by atoms with van der Waals surface area (Å²) in [5, 5.41) is 3.64. The Labute approximate surface area is 167 Å². The van der Waals surface area contributed by atoms with Crippen molar-refractivity contribution < 1.29 is 14.0 Å². The van der Waals surface area contributed by atoms with Gasteiger partial charge < -0.3 is 9.80 Å². The second-order valence-electron chi connectivity index (χ2n) is 9.00. The predicted molar refractivity (Wildman–Crippen MR) is 107 cm³/mol. The largest absolute Gasteiger partial charge is 0.338 e. The van der Waals surface area contributed by atoms with Gasteiger partial charge >= 0.3 is 0 Å². The lowest BCUT2D eigenvalue weighted by Gasteiger charge is -2.45. The highest BCUT2D eigenvalue weighted by atomic mass is 19.1. The Kier molecular flexibility index (Phi) is 6.08. The average molecular weight is 390 g/mol. The van der Waals surface area contributed by atoms with E-state index in [1.807, 2.05) is 9.80 Å². The first-order valence-corrected chi connectivity index (χ1v) is 10.4. The summed E-state index contributed by atoms with van der Waals surface area (Å²) in [6, 6.07) is 5.55. The van der Waals surface area contributed by atoms with E-state index in [0.29, 0.717) is 43.3 Å². The van der Waals surface area contributed by atoms with Gasteiger partial charge in [0.15, 0.2) is 0 Å². The number of carbonyl (C=O) groups excluding carboxylic acids is 2. The zero-order chi connectivity index (χ0) is 20.5. The zero-order valence-electron chi connectivity index (χ0n) is 17.4. The molecule has 2 aliphatic rings. The van der Waals surface area contributed by atoms with Crippen LogP contribution >= 0.6 is 0 Å². The number of piperidine rings is 1. The van der Waals surface area contributed by atoms with E-state index in [1.54, 1.807) is 0 Å². The molecule has 0 aliphatic carbocycles. The Morgan fingerprint density at radius 3 is 2.29 bits per heavy atom. The summed E-state index contributed by atoms with van der Waals surface area (Å²) in [4.78, 5) is 29.7. The lowest BCUT2D eigenvalue weighted by Crippen LogP contribution is -2.60. The van der Waals surface area contributed by atoms with E-state index in [0.717, 1.165) is 13.0 Å².